The molecule has 188 valence electrons. The van der Waals surface area contributed by atoms with Crippen molar-refractivity contribution in [1.82, 2.24) is 19.8 Å². The minimum absolute atomic E-state index is 0.506. The van der Waals surface area contributed by atoms with E-state index in [9.17, 15) is 0 Å². The van der Waals surface area contributed by atoms with Crippen molar-refractivity contribution in [1.29, 1.82) is 0 Å². The van der Waals surface area contributed by atoms with E-state index in [0.29, 0.717) is 5.41 Å². The van der Waals surface area contributed by atoms with E-state index in [-0.39, 0.29) is 0 Å². The van der Waals surface area contributed by atoms with Crippen molar-refractivity contribution in [3.8, 4) is 0 Å². The Balaban J connectivity index is 1.31. The highest BCUT2D eigenvalue weighted by Gasteiger charge is 2.34. The molecule has 2 aromatic rings. The van der Waals surface area contributed by atoms with E-state index in [2.05, 4.69) is 72.5 Å². The Morgan fingerprint density at radius 3 is 2.47 bits per heavy atom. The summed E-state index contributed by atoms with van der Waals surface area (Å²) >= 11 is 0. The minimum atomic E-state index is 0.506. The Labute approximate surface area is 206 Å². The summed E-state index contributed by atoms with van der Waals surface area (Å²) in [7, 11) is 2.12. The average molecular weight is 468 g/mol. The summed E-state index contributed by atoms with van der Waals surface area (Å²) in [5.74, 6) is 2.84. The highest BCUT2D eigenvalue weighted by Crippen LogP contribution is 2.41. The Bertz CT molecular complexity index is 897. The number of fused-ring (bicyclic) bond motifs is 1. The van der Waals surface area contributed by atoms with Crippen LogP contribution in [0.3, 0.4) is 0 Å². The summed E-state index contributed by atoms with van der Waals surface area (Å²) in [6.07, 6.45) is 8.00. The molecule has 1 aromatic carbocycles. The maximum Gasteiger partial charge on any atom is 0.145 e. The molecule has 0 amide bonds. The predicted octanol–water partition coefficient (Wildman–Crippen LogP) is 3.74. The maximum absolute atomic E-state index is 4.95. The molecule has 6 heteroatoms. The standard InChI is InChI=1S/C28H46N6/c1-5-28(2,3)22-11-13-23(14-12-22)34-19-17-33(18-20-34)21-26-31-25-10-7-6-9-24(25)27(32-26)30-16-8-15-29-4/h6-7,9-10,22-23,29H,5,8,11-21H2,1-4H3,(H,30,31,32)/p+1. The third-order valence-electron chi connectivity index (χ3n) is 8.61. The first kappa shape index (κ1) is 25.3. The van der Waals surface area contributed by atoms with Gasteiger partial charge in [0.25, 0.3) is 0 Å². The number of para-hydroxylation sites is 1. The fourth-order valence-corrected chi connectivity index (χ4v) is 5.84. The van der Waals surface area contributed by atoms with Crippen molar-refractivity contribution in [2.75, 3.05) is 51.6 Å². The van der Waals surface area contributed by atoms with Crippen LogP contribution in [0, 0.1) is 11.3 Å². The van der Waals surface area contributed by atoms with Gasteiger partial charge in [0.05, 0.1) is 25.7 Å². The highest BCUT2D eigenvalue weighted by molar-refractivity contribution is 5.88. The first-order chi connectivity index (χ1) is 16.5. The van der Waals surface area contributed by atoms with E-state index in [4.69, 9.17) is 9.97 Å². The van der Waals surface area contributed by atoms with Crippen LogP contribution in [0.25, 0.3) is 10.9 Å². The molecular weight excluding hydrogens is 420 g/mol. The summed E-state index contributed by atoms with van der Waals surface area (Å²) in [5, 5.41) is 6.92. The molecule has 3 N–H and O–H groups in total. The van der Waals surface area contributed by atoms with Crippen molar-refractivity contribution < 1.29 is 5.32 Å². The van der Waals surface area contributed by atoms with Crippen LogP contribution < -0.4 is 10.6 Å². The van der Waals surface area contributed by atoms with Crippen molar-refractivity contribution in [3.05, 3.63) is 30.1 Å². The highest BCUT2D eigenvalue weighted by atomic mass is 15.3. The van der Waals surface area contributed by atoms with Crippen LogP contribution >= 0.6 is 0 Å². The predicted molar refractivity (Wildman–Crippen MR) is 142 cm³/mol. The van der Waals surface area contributed by atoms with Crippen molar-refractivity contribution in [2.24, 2.45) is 11.3 Å². The van der Waals surface area contributed by atoms with E-state index < -0.39 is 0 Å². The third-order valence-corrected chi connectivity index (χ3v) is 8.61. The number of benzene rings is 1. The number of nitrogens with two attached hydrogens (primary N) is 1. The summed E-state index contributed by atoms with van der Waals surface area (Å²) in [4.78, 5) is 15.2. The van der Waals surface area contributed by atoms with Gasteiger partial charge in [0.2, 0.25) is 0 Å². The van der Waals surface area contributed by atoms with Gasteiger partial charge < -0.3 is 10.6 Å². The zero-order chi connectivity index (χ0) is 24.0. The van der Waals surface area contributed by atoms with Crippen LogP contribution in [0.4, 0.5) is 5.82 Å². The summed E-state index contributed by atoms with van der Waals surface area (Å²) < 4.78 is 0. The lowest BCUT2D eigenvalue weighted by atomic mass is 9.68. The van der Waals surface area contributed by atoms with Gasteiger partial charge >= 0.3 is 0 Å². The van der Waals surface area contributed by atoms with Gasteiger partial charge in [-0.2, -0.15) is 0 Å². The summed E-state index contributed by atoms with van der Waals surface area (Å²) in [6.45, 7) is 14.8. The molecule has 0 spiro atoms. The number of hydrogen-bond donors (Lipinski definition) is 2. The number of quaternary nitrogens is 1. The molecule has 0 atom stereocenters. The molecule has 0 unspecified atom stereocenters. The molecule has 0 radical (unpaired) electrons. The first-order valence-electron chi connectivity index (χ1n) is 13.7. The molecule has 1 saturated carbocycles. The molecule has 0 bridgehead atoms. The van der Waals surface area contributed by atoms with Gasteiger partial charge in [-0.25, -0.2) is 9.97 Å². The van der Waals surface area contributed by atoms with Gasteiger partial charge in [-0.15, -0.1) is 0 Å². The Morgan fingerprint density at radius 2 is 1.76 bits per heavy atom. The first-order valence-corrected chi connectivity index (χ1v) is 13.7. The summed E-state index contributed by atoms with van der Waals surface area (Å²) in [6, 6.07) is 9.18. The smallest absolute Gasteiger partial charge is 0.145 e. The fourth-order valence-electron chi connectivity index (χ4n) is 5.84. The lowest BCUT2D eigenvalue weighted by Crippen LogP contribution is -2.79. The van der Waals surface area contributed by atoms with E-state index in [1.54, 1.807) is 0 Å². The summed E-state index contributed by atoms with van der Waals surface area (Å²) in [5.41, 5.74) is 1.55. The number of anilines is 1. The number of aromatic nitrogens is 2. The molecule has 6 nitrogen and oxygen atoms in total. The second-order valence-electron chi connectivity index (χ2n) is 11.1. The van der Waals surface area contributed by atoms with Crippen LogP contribution in [-0.4, -0.2) is 72.1 Å². The van der Waals surface area contributed by atoms with Gasteiger partial charge in [0.15, 0.2) is 0 Å². The van der Waals surface area contributed by atoms with Crippen LogP contribution in [0.15, 0.2) is 24.3 Å². The van der Waals surface area contributed by atoms with Crippen molar-refractivity contribution in [2.45, 2.75) is 71.9 Å². The van der Waals surface area contributed by atoms with Gasteiger partial charge in [-0.3, -0.25) is 9.80 Å². The normalized spacial score (nSPS) is 22.8. The zero-order valence-corrected chi connectivity index (χ0v) is 22.0. The lowest BCUT2D eigenvalue weighted by molar-refractivity contribution is -0.626. The average Bonchev–Trinajstić information content (AvgIpc) is 2.87. The van der Waals surface area contributed by atoms with E-state index in [0.717, 1.165) is 73.6 Å². The van der Waals surface area contributed by atoms with E-state index in [1.165, 1.54) is 45.2 Å². The van der Waals surface area contributed by atoms with Crippen molar-refractivity contribution in [3.63, 3.8) is 0 Å². The second kappa shape index (κ2) is 11.8. The van der Waals surface area contributed by atoms with Crippen LogP contribution in [0.1, 0.15) is 65.1 Å². The lowest BCUT2D eigenvalue weighted by Gasteiger charge is -2.44. The van der Waals surface area contributed by atoms with E-state index >= 15 is 0 Å². The largest absolute Gasteiger partial charge is 0.369 e. The maximum atomic E-state index is 4.95. The number of hydrogen-bond acceptors (Lipinski definition) is 5. The number of nitrogens with zero attached hydrogens (tertiary/aromatic N) is 4. The molecule has 4 rings (SSSR count). The Hall–Kier alpha value is -1.76. The SMILES string of the molecule is CCC(C)(C)C1CCC(N2CCN(Cc3nc(NCCC[NH2+]C)c4ccccc4n3)CC2)CC1. The third kappa shape index (κ3) is 6.27. The van der Waals surface area contributed by atoms with E-state index in [1.807, 2.05) is 0 Å². The molecule has 2 fully saturated rings. The second-order valence-corrected chi connectivity index (χ2v) is 11.1. The van der Waals surface area contributed by atoms with Crippen LogP contribution in [-0.2, 0) is 6.54 Å². The fraction of sp³-hybridized carbons (Fsp3) is 0.714. The van der Waals surface area contributed by atoms with Gasteiger partial charge in [-0.05, 0) is 49.1 Å². The molecule has 2 heterocycles. The number of rotatable bonds is 10. The molecule has 1 saturated heterocycles. The van der Waals surface area contributed by atoms with Crippen LogP contribution in [0.5, 0.6) is 0 Å². The van der Waals surface area contributed by atoms with Gasteiger partial charge in [-0.1, -0.05) is 39.3 Å². The Kier molecular flexibility index (Phi) is 8.78. The van der Waals surface area contributed by atoms with Crippen LogP contribution in [0.2, 0.25) is 0 Å². The minimum Gasteiger partial charge on any atom is -0.369 e. The molecule has 1 aliphatic heterocycles. The van der Waals surface area contributed by atoms with Gasteiger partial charge in [0, 0.05) is 50.6 Å². The molecule has 1 aromatic heterocycles. The molecule has 2 aliphatic rings. The van der Waals surface area contributed by atoms with Gasteiger partial charge in [0.1, 0.15) is 11.6 Å². The molecule has 34 heavy (non-hydrogen) atoms. The Morgan fingerprint density at radius 1 is 1.03 bits per heavy atom. The number of piperazine rings is 1. The monoisotopic (exact) mass is 467 g/mol. The van der Waals surface area contributed by atoms with Crippen molar-refractivity contribution >= 4 is 16.7 Å². The molecular formula is C28H47N6+. The topological polar surface area (TPSA) is 60.9 Å². The quantitative estimate of drug-likeness (QED) is 0.521. The molecule has 1 aliphatic carbocycles. The zero-order valence-electron chi connectivity index (χ0n) is 22.0. The number of nitrogens with one attached hydrogen (secondary N) is 1.